The smallest absolute Gasteiger partial charge is 0.246 e. The van der Waals surface area contributed by atoms with E-state index >= 15 is 0 Å². The lowest BCUT2D eigenvalue weighted by molar-refractivity contribution is -0.126. The molecular formula is C14H19NO3. The molecular weight excluding hydrogens is 230 g/mol. The molecule has 1 aliphatic heterocycles. The second-order valence-electron chi connectivity index (χ2n) is 4.35. The molecule has 0 spiro atoms. The molecule has 1 N–H and O–H groups in total. The van der Waals surface area contributed by atoms with Gasteiger partial charge in [0.05, 0.1) is 12.7 Å². The molecule has 4 nitrogen and oxygen atoms in total. The lowest BCUT2D eigenvalue weighted by Gasteiger charge is -2.25. The highest BCUT2D eigenvalue weighted by Crippen LogP contribution is 2.19. The number of hydrogen-bond donors (Lipinski definition) is 1. The third-order valence-corrected chi connectivity index (χ3v) is 3.00. The van der Waals surface area contributed by atoms with E-state index in [0.717, 1.165) is 6.42 Å². The van der Waals surface area contributed by atoms with Crippen LogP contribution in [0.15, 0.2) is 24.3 Å². The summed E-state index contributed by atoms with van der Waals surface area (Å²) in [5.41, 5.74) is 2.56. The maximum absolute atomic E-state index is 11.4. The summed E-state index contributed by atoms with van der Waals surface area (Å²) >= 11 is 0. The standard InChI is InChI=1S/C14H19NO3/c1-2-17-10-14(16)15-8-13-7-11-5-3-4-6-12(11)9-18-13/h3-6,13H,2,7-10H2,1H3,(H,15,16). The summed E-state index contributed by atoms with van der Waals surface area (Å²) in [6, 6.07) is 8.26. The highest BCUT2D eigenvalue weighted by atomic mass is 16.5. The molecule has 0 saturated heterocycles. The van der Waals surface area contributed by atoms with E-state index in [-0.39, 0.29) is 18.6 Å². The van der Waals surface area contributed by atoms with E-state index < -0.39 is 0 Å². The van der Waals surface area contributed by atoms with Crippen molar-refractivity contribution in [1.29, 1.82) is 0 Å². The fourth-order valence-electron chi connectivity index (χ4n) is 2.01. The zero-order valence-corrected chi connectivity index (χ0v) is 10.6. The molecule has 0 bridgehead atoms. The van der Waals surface area contributed by atoms with Gasteiger partial charge in [0.1, 0.15) is 6.61 Å². The van der Waals surface area contributed by atoms with Crippen molar-refractivity contribution in [2.45, 2.75) is 26.1 Å². The first-order valence-corrected chi connectivity index (χ1v) is 6.32. The van der Waals surface area contributed by atoms with E-state index in [2.05, 4.69) is 17.4 Å². The average molecular weight is 249 g/mol. The summed E-state index contributed by atoms with van der Waals surface area (Å²) in [6.07, 6.45) is 0.913. The second kappa shape index (κ2) is 6.52. The van der Waals surface area contributed by atoms with Crippen LogP contribution in [0.1, 0.15) is 18.1 Å². The highest BCUT2D eigenvalue weighted by Gasteiger charge is 2.19. The SMILES string of the molecule is CCOCC(=O)NCC1Cc2ccccc2CO1. The third-order valence-electron chi connectivity index (χ3n) is 3.00. The van der Waals surface area contributed by atoms with E-state index in [9.17, 15) is 4.79 Å². The summed E-state index contributed by atoms with van der Waals surface area (Å²) in [5.74, 6) is -0.0840. The largest absolute Gasteiger partial charge is 0.372 e. The Hall–Kier alpha value is -1.39. The first kappa shape index (κ1) is 13.1. The van der Waals surface area contributed by atoms with Gasteiger partial charge in [0.25, 0.3) is 0 Å². The first-order chi connectivity index (χ1) is 8.79. The summed E-state index contributed by atoms with van der Waals surface area (Å²) in [5, 5.41) is 2.83. The zero-order chi connectivity index (χ0) is 12.8. The van der Waals surface area contributed by atoms with Crippen LogP contribution in [0.4, 0.5) is 0 Å². The van der Waals surface area contributed by atoms with Crippen molar-refractivity contribution < 1.29 is 14.3 Å². The van der Waals surface area contributed by atoms with Crippen LogP contribution < -0.4 is 5.32 Å². The number of fused-ring (bicyclic) bond motifs is 1. The fourth-order valence-corrected chi connectivity index (χ4v) is 2.01. The number of nitrogens with one attached hydrogen (secondary N) is 1. The van der Waals surface area contributed by atoms with E-state index in [0.29, 0.717) is 19.8 Å². The van der Waals surface area contributed by atoms with Gasteiger partial charge >= 0.3 is 0 Å². The summed E-state index contributed by atoms with van der Waals surface area (Å²) in [4.78, 5) is 11.4. The lowest BCUT2D eigenvalue weighted by atomic mass is 9.99. The second-order valence-corrected chi connectivity index (χ2v) is 4.35. The van der Waals surface area contributed by atoms with Crippen molar-refractivity contribution in [3.63, 3.8) is 0 Å². The molecule has 1 amide bonds. The molecule has 4 heteroatoms. The van der Waals surface area contributed by atoms with Crippen LogP contribution in [0.3, 0.4) is 0 Å². The Morgan fingerprint density at radius 2 is 2.22 bits per heavy atom. The molecule has 2 rings (SSSR count). The number of ether oxygens (including phenoxy) is 2. The van der Waals surface area contributed by atoms with Crippen LogP contribution in [0.2, 0.25) is 0 Å². The van der Waals surface area contributed by atoms with Gasteiger partial charge in [-0.2, -0.15) is 0 Å². The van der Waals surface area contributed by atoms with Crippen LogP contribution in [0, 0.1) is 0 Å². The minimum Gasteiger partial charge on any atom is -0.372 e. The molecule has 1 aliphatic rings. The maximum atomic E-state index is 11.4. The van der Waals surface area contributed by atoms with Crippen molar-refractivity contribution in [1.82, 2.24) is 5.32 Å². The maximum Gasteiger partial charge on any atom is 0.246 e. The monoisotopic (exact) mass is 249 g/mol. The first-order valence-electron chi connectivity index (χ1n) is 6.32. The number of hydrogen-bond acceptors (Lipinski definition) is 3. The van der Waals surface area contributed by atoms with Crippen molar-refractivity contribution in [3.8, 4) is 0 Å². The van der Waals surface area contributed by atoms with E-state index in [1.807, 2.05) is 19.1 Å². The van der Waals surface area contributed by atoms with Gasteiger partial charge in [-0.05, 0) is 18.1 Å². The number of rotatable bonds is 5. The zero-order valence-electron chi connectivity index (χ0n) is 10.6. The Kier molecular flexibility index (Phi) is 4.73. The number of amides is 1. The van der Waals surface area contributed by atoms with Crippen LogP contribution in [0.5, 0.6) is 0 Å². The molecule has 0 aliphatic carbocycles. The van der Waals surface area contributed by atoms with Crippen LogP contribution in [-0.4, -0.2) is 31.8 Å². The Bertz CT molecular complexity index is 406. The van der Waals surface area contributed by atoms with Crippen molar-refractivity contribution in [3.05, 3.63) is 35.4 Å². The van der Waals surface area contributed by atoms with E-state index in [1.165, 1.54) is 11.1 Å². The Morgan fingerprint density at radius 3 is 3.00 bits per heavy atom. The predicted octanol–water partition coefficient (Wildman–Crippen LogP) is 1.28. The number of carbonyl (C=O) groups excluding carboxylic acids is 1. The van der Waals surface area contributed by atoms with Gasteiger partial charge in [0.2, 0.25) is 5.91 Å². The molecule has 1 aromatic carbocycles. The third kappa shape index (κ3) is 3.55. The molecule has 0 fully saturated rings. The topological polar surface area (TPSA) is 47.6 Å². The summed E-state index contributed by atoms with van der Waals surface area (Å²) in [6.45, 7) is 3.72. The fraction of sp³-hybridized carbons (Fsp3) is 0.500. The van der Waals surface area contributed by atoms with Crippen LogP contribution in [-0.2, 0) is 27.3 Å². The van der Waals surface area contributed by atoms with Gasteiger partial charge in [-0.15, -0.1) is 0 Å². The normalized spacial score (nSPS) is 18.2. The Balaban J connectivity index is 1.78. The van der Waals surface area contributed by atoms with Gasteiger partial charge in [-0.1, -0.05) is 24.3 Å². The molecule has 0 aromatic heterocycles. The van der Waals surface area contributed by atoms with Crippen molar-refractivity contribution >= 4 is 5.91 Å². The molecule has 1 unspecified atom stereocenters. The van der Waals surface area contributed by atoms with Crippen molar-refractivity contribution in [2.75, 3.05) is 19.8 Å². The van der Waals surface area contributed by atoms with Gasteiger partial charge in [-0.25, -0.2) is 0 Å². The van der Waals surface area contributed by atoms with Gasteiger partial charge in [0, 0.05) is 19.6 Å². The quantitative estimate of drug-likeness (QED) is 0.855. The minimum atomic E-state index is -0.0840. The van der Waals surface area contributed by atoms with Gasteiger partial charge in [-0.3, -0.25) is 4.79 Å². The average Bonchev–Trinajstić information content (AvgIpc) is 2.42. The molecule has 18 heavy (non-hydrogen) atoms. The summed E-state index contributed by atoms with van der Waals surface area (Å²) in [7, 11) is 0. The van der Waals surface area contributed by atoms with Crippen LogP contribution in [0.25, 0.3) is 0 Å². The molecule has 0 radical (unpaired) electrons. The molecule has 1 heterocycles. The number of carbonyl (C=O) groups is 1. The van der Waals surface area contributed by atoms with Gasteiger partial charge < -0.3 is 14.8 Å². The molecule has 0 saturated carbocycles. The van der Waals surface area contributed by atoms with Gasteiger partial charge in [0.15, 0.2) is 0 Å². The highest BCUT2D eigenvalue weighted by molar-refractivity contribution is 5.77. The van der Waals surface area contributed by atoms with E-state index in [4.69, 9.17) is 9.47 Å². The lowest BCUT2D eigenvalue weighted by Crippen LogP contribution is -2.38. The predicted molar refractivity (Wildman–Crippen MR) is 68.2 cm³/mol. The summed E-state index contributed by atoms with van der Waals surface area (Å²) < 4.78 is 10.7. The Morgan fingerprint density at radius 1 is 1.44 bits per heavy atom. The van der Waals surface area contributed by atoms with Crippen LogP contribution >= 0.6 is 0 Å². The molecule has 98 valence electrons. The number of benzene rings is 1. The van der Waals surface area contributed by atoms with E-state index in [1.54, 1.807) is 0 Å². The molecule has 1 aromatic rings. The minimum absolute atomic E-state index is 0.0606. The molecule has 1 atom stereocenters. The Labute approximate surface area is 107 Å². The van der Waals surface area contributed by atoms with Crippen molar-refractivity contribution in [2.24, 2.45) is 0 Å².